The number of thioether (sulfide) groups is 1. The Kier molecular flexibility index (Phi) is 39.3. The predicted octanol–water partition coefficient (Wildman–Crippen LogP) is 7.55. The molecule has 16 heterocycles. The van der Waals surface area contributed by atoms with E-state index < -0.39 is 160 Å². The Hall–Kier alpha value is -12.2. The summed E-state index contributed by atoms with van der Waals surface area (Å²) >= 11 is 1.49. The van der Waals surface area contributed by atoms with Crippen molar-refractivity contribution in [2.75, 3.05) is 66.1 Å². The van der Waals surface area contributed by atoms with Crippen LogP contribution < -0.4 is 0 Å². The summed E-state index contributed by atoms with van der Waals surface area (Å²) in [7, 11) is -3.55. The minimum atomic E-state index is -3.55. The highest BCUT2D eigenvalue weighted by atomic mass is 32.2. The number of rotatable bonds is 25. The minimum Gasteiger partial charge on any atom is -0.462 e. The molecule has 0 radical (unpaired) electrons. The van der Waals surface area contributed by atoms with Crippen molar-refractivity contribution in [1.29, 1.82) is 0 Å². The summed E-state index contributed by atoms with van der Waals surface area (Å²) in [5.41, 5.74) is 1.96. The van der Waals surface area contributed by atoms with Crippen LogP contribution in [-0.4, -0.2) is 312 Å². The lowest BCUT2D eigenvalue weighted by atomic mass is 9.65. The molecule has 29 atom stereocenters. The molecule has 0 aromatic carbocycles. The molecule has 6 saturated carbocycles. The summed E-state index contributed by atoms with van der Waals surface area (Å²) in [6.45, 7) is 46.2. The molecule has 22 fully saturated rings. The van der Waals surface area contributed by atoms with Crippen molar-refractivity contribution in [3.05, 3.63) is 119 Å². The highest BCUT2D eigenvalue weighted by Crippen LogP contribution is 2.57. The number of carbonyl (C=O) groups excluding carboxylic acids is 16. The molecule has 22 rings (SSSR count). The normalized spacial score (nSPS) is 34.1. The zero-order chi connectivity index (χ0) is 108. The first-order valence-electron chi connectivity index (χ1n) is 47.7. The number of carbonyl (C=O) groups is 16. The Balaban J connectivity index is 0.000000158. The van der Waals surface area contributed by atoms with Crippen LogP contribution in [0, 0.1) is 51.5 Å². The maximum absolute atomic E-state index is 11.8. The van der Waals surface area contributed by atoms with Gasteiger partial charge < -0.3 is 119 Å². The van der Waals surface area contributed by atoms with E-state index in [-0.39, 0.29) is 189 Å². The lowest BCUT2D eigenvalue weighted by Crippen LogP contribution is -2.48. The summed E-state index contributed by atoms with van der Waals surface area (Å²) in [6.07, 6.45) is 2.41. The fourth-order valence-electron chi connectivity index (χ4n) is 20.0. The molecular formula is C98H125NO46S2. The van der Waals surface area contributed by atoms with E-state index in [1.54, 1.807) is 41.5 Å². The molecule has 0 spiro atoms. The third kappa shape index (κ3) is 31.0. The molecule has 16 aliphatic heterocycles. The number of aliphatic hydroxyl groups is 1. The van der Waals surface area contributed by atoms with E-state index in [0.29, 0.717) is 89.7 Å². The van der Waals surface area contributed by atoms with Crippen LogP contribution >= 0.6 is 11.8 Å². The summed E-state index contributed by atoms with van der Waals surface area (Å²) < 4.78 is 145. The van der Waals surface area contributed by atoms with Crippen molar-refractivity contribution < 1.29 is 213 Å². The van der Waals surface area contributed by atoms with Crippen molar-refractivity contribution in [2.24, 2.45) is 41.4 Å². The Morgan fingerprint density at radius 1 is 0.422 bits per heavy atom. The van der Waals surface area contributed by atoms with Gasteiger partial charge in [-0.25, -0.2) is 62.3 Å². The number of hydrogen-bond acceptors (Lipinski definition) is 47. The second-order valence-corrected chi connectivity index (χ2v) is 42.5. The van der Waals surface area contributed by atoms with E-state index >= 15 is 0 Å². The molecule has 0 aromatic rings. The van der Waals surface area contributed by atoms with Crippen LogP contribution in [0.2, 0.25) is 0 Å². The van der Waals surface area contributed by atoms with E-state index in [0.717, 1.165) is 64.2 Å². The minimum absolute atomic E-state index is 0.0113. The van der Waals surface area contributed by atoms with E-state index in [4.69, 9.17) is 84.7 Å². The lowest BCUT2D eigenvalue weighted by Gasteiger charge is -2.45. The summed E-state index contributed by atoms with van der Waals surface area (Å²) in [5, 5.41) is 18.1. The van der Waals surface area contributed by atoms with Gasteiger partial charge in [0.05, 0.1) is 56.0 Å². The number of nitrogens with zero attached hydrogens (tertiary/aromatic N) is 1. The number of aliphatic hydroxyl groups excluding tert-OH is 1. The highest BCUT2D eigenvalue weighted by molar-refractivity contribution is 8.03. The summed E-state index contributed by atoms with van der Waals surface area (Å²) in [5.74, 6) is -3.68. The third-order valence-electron chi connectivity index (χ3n) is 26.5. The van der Waals surface area contributed by atoms with Gasteiger partial charge in [-0.15, -0.1) is 21.9 Å². The second kappa shape index (κ2) is 50.2. The van der Waals surface area contributed by atoms with Gasteiger partial charge in [0.1, 0.15) is 110 Å². The third-order valence-corrected chi connectivity index (χ3v) is 30.1. The van der Waals surface area contributed by atoms with Crippen LogP contribution in [0.1, 0.15) is 165 Å². The maximum atomic E-state index is 11.8. The van der Waals surface area contributed by atoms with Crippen molar-refractivity contribution in [1.82, 2.24) is 0 Å². The predicted molar refractivity (Wildman–Crippen MR) is 496 cm³/mol. The van der Waals surface area contributed by atoms with Crippen LogP contribution in [0.15, 0.2) is 109 Å². The largest absolute Gasteiger partial charge is 0.511 e. The average Bonchev–Trinajstić information content (AvgIpc) is 1.55. The van der Waals surface area contributed by atoms with E-state index in [1.165, 1.54) is 32.5 Å². The van der Waals surface area contributed by atoms with Gasteiger partial charge in [0, 0.05) is 93.4 Å². The topological polar surface area (TPSA) is 601 Å². The SMILES string of the molecule is C=C(C)C(=O)OC12CC3CC(C1)OC(=O)C(C3)C2.C=C(C)C(=O)OC12CC3CC(C1)OC(=O)C(C3)C2.C=C(C)C(=O)OC1C2CC3CC(C2)C(=O)OC1C3.C=C(C)C(=O)OC1COC(=O)O1.C=C(C)C(=O)OC1COC2C(O)COC12.C=C(C)C(=O)OC1COC2C(O[N+](=O)[O-])COC12.C=C(C)C(=O)OCC(=O)OC1C2CC3C(S2)C1OS3(=O)=O.C=C(C)C(=O)OCC1COC(=O)O1.C=C(C)C(=O)OCCC1COC(=O)O1. The molecule has 49 heteroatoms. The molecule has 14 bridgehead atoms. The first kappa shape index (κ1) is 115. The van der Waals surface area contributed by atoms with E-state index in [2.05, 4.69) is 92.5 Å². The zero-order valence-electron chi connectivity index (χ0n) is 82.9. The monoisotopic (exact) mass is 2120 g/mol. The molecule has 1 N–H and O–H groups in total. The van der Waals surface area contributed by atoms with Crippen LogP contribution in [0.3, 0.4) is 0 Å². The molecule has 6 aliphatic carbocycles. The molecular weight excluding hydrogens is 1990 g/mol. The van der Waals surface area contributed by atoms with Gasteiger partial charge >= 0.3 is 96.1 Å². The number of fused-ring (bicyclic) bond motifs is 6. The lowest BCUT2D eigenvalue weighted by molar-refractivity contribution is -0.769. The maximum Gasteiger partial charge on any atom is 0.511 e. The highest BCUT2D eigenvalue weighted by Gasteiger charge is 2.67. The first-order chi connectivity index (χ1) is 69.1. The first-order valence-corrected chi connectivity index (χ1v) is 50.1. The van der Waals surface area contributed by atoms with Gasteiger partial charge in [-0.2, -0.15) is 8.42 Å². The van der Waals surface area contributed by atoms with Gasteiger partial charge in [-0.05, 0) is 151 Å². The van der Waals surface area contributed by atoms with Crippen molar-refractivity contribution >= 4 is 118 Å². The smallest absolute Gasteiger partial charge is 0.462 e. The van der Waals surface area contributed by atoms with E-state index in [9.17, 15) is 100 Å². The fraction of sp³-hybridized carbons (Fsp3) is 0.653. The van der Waals surface area contributed by atoms with Crippen LogP contribution in [0.5, 0.6) is 0 Å². The van der Waals surface area contributed by atoms with Gasteiger partial charge in [0.2, 0.25) is 0 Å². The Morgan fingerprint density at radius 3 is 1.36 bits per heavy atom. The quantitative estimate of drug-likeness (QED) is 0.0230. The Bertz CT molecular complexity index is 5190. The summed E-state index contributed by atoms with van der Waals surface area (Å²) in [4.78, 5) is 195. The number of hydrogen-bond donors (Lipinski definition) is 1. The number of esters is 13. The molecule has 147 heavy (non-hydrogen) atoms. The van der Waals surface area contributed by atoms with Crippen molar-refractivity contribution in [3.63, 3.8) is 0 Å². The van der Waals surface area contributed by atoms with Crippen molar-refractivity contribution in [3.8, 4) is 0 Å². The van der Waals surface area contributed by atoms with Gasteiger partial charge in [0.15, 0.2) is 37.6 Å². The van der Waals surface area contributed by atoms with Crippen LogP contribution in [-0.2, 0) is 190 Å². The zero-order valence-corrected chi connectivity index (χ0v) is 84.6. The van der Waals surface area contributed by atoms with E-state index in [1.807, 2.05) is 0 Å². The van der Waals surface area contributed by atoms with Crippen LogP contribution in [0.25, 0.3) is 0 Å². The number of ether oxygens (including phenoxy) is 23. The van der Waals surface area contributed by atoms with Crippen LogP contribution in [0.4, 0.5) is 14.4 Å². The standard InChI is InChI=1S/3C14H18O4.C12H14O7S2.C10H13NO7.C10H14O5.C9H12O5.C8H10O5.C7H8O5/c2*1-8(2)12(15)18-14-5-9-3-10(6-14)13(16)17-11(4-9)7-14;1-7(2)13(15)18-12-9-3-8-4-10(6-9)14(16)17-11(12)5-8;1-5(2)12(14)17-4-8(13)18-9-6-3-7-11(20-6)10(9)19-21(7,15)16;1-5(2)10(12)17-6-3-15-9-7(18-11(13)14)4-16-8(6)9;1-5(2)10(12)15-7-4-14-8-6(11)3-13-9(7)8;1-6(2)8(10)12-4-3-7-5-13-9(11)14-7;1-5(2)7(9)11-3-6-4-12-8(10)13-6;1-4(2)6(8)11-5-3-10-7(9)12-5/h2*9-11H,1,3-7H2,2H3;8-12H,1,3-6H2,2H3;6-7,9-11H,1,3-4H2,2H3;6-9H,1,3-4H2,2H3;6-9,11H,1,3-4H2,2H3;7H,1,3-5H2,2H3;6H,1,3-4H2,2H3;5H,1,3H2,2H3. The molecule has 22 aliphatic rings. The van der Waals surface area contributed by atoms with Crippen molar-refractivity contribution in [2.45, 2.75) is 296 Å². The molecule has 810 valence electrons. The molecule has 29 unspecified atom stereocenters. The molecule has 0 amide bonds. The Morgan fingerprint density at radius 2 is 0.864 bits per heavy atom. The number of cyclic esters (lactones) is 6. The molecule has 16 saturated heterocycles. The Labute approximate surface area is 850 Å². The second-order valence-electron chi connectivity index (χ2n) is 39.3. The summed E-state index contributed by atoms with van der Waals surface area (Å²) in [6, 6.07) is 0. The van der Waals surface area contributed by atoms with Gasteiger partial charge in [-0.1, -0.05) is 59.2 Å². The fourth-order valence-corrected chi connectivity index (χ4v) is 24.2. The van der Waals surface area contributed by atoms with Gasteiger partial charge in [0.25, 0.3) is 21.5 Å². The molecule has 47 nitrogen and oxygen atoms in total. The average molecular weight is 2120 g/mol. The molecule has 0 aromatic heterocycles. The van der Waals surface area contributed by atoms with Gasteiger partial charge in [-0.3, -0.25) is 18.6 Å².